The Bertz CT molecular complexity index is 861. The average molecular weight is 366 g/mol. The molecule has 2 aromatic carbocycles. The highest BCUT2D eigenvalue weighted by molar-refractivity contribution is 6.04. The van der Waals surface area contributed by atoms with Gasteiger partial charge in [0.2, 0.25) is 0 Å². The molecule has 2 N–H and O–H groups in total. The van der Waals surface area contributed by atoms with Crippen LogP contribution >= 0.6 is 0 Å². The molecule has 6 heteroatoms. The van der Waals surface area contributed by atoms with Crippen LogP contribution in [0.3, 0.4) is 0 Å². The van der Waals surface area contributed by atoms with Crippen LogP contribution in [0.25, 0.3) is 5.70 Å². The van der Waals surface area contributed by atoms with Gasteiger partial charge in [-0.3, -0.25) is 0 Å². The van der Waals surface area contributed by atoms with E-state index in [1.54, 1.807) is 6.92 Å². The summed E-state index contributed by atoms with van der Waals surface area (Å²) in [6.07, 6.45) is 0. The lowest BCUT2D eigenvalue weighted by atomic mass is 9.92. The highest BCUT2D eigenvalue weighted by atomic mass is 16.5. The van der Waals surface area contributed by atoms with Gasteiger partial charge in [-0.25, -0.2) is 9.59 Å². The van der Waals surface area contributed by atoms with Crippen molar-refractivity contribution in [1.29, 1.82) is 0 Å². The summed E-state index contributed by atoms with van der Waals surface area (Å²) >= 11 is 0. The van der Waals surface area contributed by atoms with Crippen molar-refractivity contribution in [1.82, 2.24) is 10.6 Å². The van der Waals surface area contributed by atoms with E-state index in [4.69, 9.17) is 9.47 Å². The van der Waals surface area contributed by atoms with E-state index in [0.29, 0.717) is 29.2 Å². The van der Waals surface area contributed by atoms with Crippen molar-refractivity contribution in [3.8, 4) is 5.75 Å². The van der Waals surface area contributed by atoms with Gasteiger partial charge in [-0.1, -0.05) is 48.5 Å². The molecule has 1 aliphatic rings. The molecule has 0 fully saturated rings. The molecule has 1 atom stereocenters. The highest BCUT2D eigenvalue weighted by Crippen LogP contribution is 2.36. The van der Waals surface area contributed by atoms with E-state index in [9.17, 15) is 9.59 Å². The first kappa shape index (κ1) is 18.5. The number of urea groups is 1. The Morgan fingerprint density at radius 3 is 2.41 bits per heavy atom. The van der Waals surface area contributed by atoms with Gasteiger partial charge in [0.05, 0.1) is 30.5 Å². The number of rotatable bonds is 6. The van der Waals surface area contributed by atoms with Crippen LogP contribution in [0.2, 0.25) is 0 Å². The van der Waals surface area contributed by atoms with Crippen LogP contribution in [0.4, 0.5) is 4.79 Å². The van der Waals surface area contributed by atoms with Crippen LogP contribution < -0.4 is 15.4 Å². The average Bonchev–Trinajstić information content (AvgIpc) is 2.69. The molecule has 0 radical (unpaired) electrons. The minimum atomic E-state index is -0.684. The molecule has 0 saturated carbocycles. The first-order valence-electron chi connectivity index (χ1n) is 8.91. The molecule has 0 aliphatic carbocycles. The van der Waals surface area contributed by atoms with E-state index in [0.717, 1.165) is 5.56 Å². The maximum Gasteiger partial charge on any atom is 0.338 e. The first-order valence-corrected chi connectivity index (χ1v) is 8.91. The molecule has 0 aromatic heterocycles. The summed E-state index contributed by atoms with van der Waals surface area (Å²) in [5.74, 6) is 0.126. The lowest BCUT2D eigenvalue weighted by Crippen LogP contribution is -2.45. The SMILES string of the molecule is CCOC(=O)C1=C(c2ccccc2)NC(=O)N[C@@H]1c1ccccc1OCC. The van der Waals surface area contributed by atoms with E-state index >= 15 is 0 Å². The van der Waals surface area contributed by atoms with Gasteiger partial charge in [0.25, 0.3) is 0 Å². The zero-order chi connectivity index (χ0) is 19.2. The second-order valence-electron chi connectivity index (χ2n) is 5.88. The standard InChI is InChI=1S/C21H22N2O4/c1-3-26-16-13-9-8-12-15(16)19-17(20(24)27-4-2)18(22-21(25)23-19)14-10-6-5-7-11-14/h5-13,19H,3-4H2,1-2H3,(H2,22,23,25)/t19-/m1/s1. The molecule has 2 aromatic rings. The molecule has 6 nitrogen and oxygen atoms in total. The zero-order valence-corrected chi connectivity index (χ0v) is 15.3. The number of para-hydroxylation sites is 1. The van der Waals surface area contributed by atoms with E-state index in [1.165, 1.54) is 0 Å². The van der Waals surface area contributed by atoms with Crippen molar-refractivity contribution >= 4 is 17.7 Å². The Morgan fingerprint density at radius 1 is 1.00 bits per heavy atom. The minimum absolute atomic E-state index is 0.234. The van der Waals surface area contributed by atoms with Gasteiger partial charge in [0, 0.05) is 5.56 Å². The Labute approximate surface area is 158 Å². The van der Waals surface area contributed by atoms with Crippen molar-refractivity contribution in [2.24, 2.45) is 0 Å². The predicted molar refractivity (Wildman–Crippen MR) is 102 cm³/mol. The van der Waals surface area contributed by atoms with Crippen molar-refractivity contribution in [2.75, 3.05) is 13.2 Å². The molecular formula is C21H22N2O4. The molecule has 0 bridgehead atoms. The number of carbonyl (C=O) groups excluding carboxylic acids is 2. The van der Waals surface area contributed by atoms with Gasteiger partial charge < -0.3 is 20.1 Å². The van der Waals surface area contributed by atoms with Crippen LogP contribution in [-0.2, 0) is 9.53 Å². The minimum Gasteiger partial charge on any atom is -0.494 e. The van der Waals surface area contributed by atoms with Crippen molar-refractivity contribution in [3.63, 3.8) is 0 Å². The number of amides is 2. The summed E-state index contributed by atoms with van der Waals surface area (Å²) in [4.78, 5) is 25.2. The van der Waals surface area contributed by atoms with Gasteiger partial charge in [0.1, 0.15) is 5.75 Å². The normalized spacial score (nSPS) is 16.4. The monoisotopic (exact) mass is 366 g/mol. The molecule has 140 valence electrons. The highest BCUT2D eigenvalue weighted by Gasteiger charge is 2.35. The fraction of sp³-hybridized carbons (Fsp3) is 0.238. The number of hydrogen-bond donors (Lipinski definition) is 2. The summed E-state index contributed by atoms with van der Waals surface area (Å²) in [6.45, 7) is 4.34. The van der Waals surface area contributed by atoms with Crippen LogP contribution in [0.15, 0.2) is 60.2 Å². The maximum atomic E-state index is 12.8. The predicted octanol–water partition coefficient (Wildman–Crippen LogP) is 3.41. The molecule has 0 spiro atoms. The van der Waals surface area contributed by atoms with Gasteiger partial charge >= 0.3 is 12.0 Å². The third-order valence-electron chi connectivity index (χ3n) is 4.16. The molecule has 27 heavy (non-hydrogen) atoms. The van der Waals surface area contributed by atoms with Crippen LogP contribution in [0.1, 0.15) is 31.0 Å². The summed E-state index contributed by atoms with van der Waals surface area (Å²) < 4.78 is 11.0. The maximum absolute atomic E-state index is 12.8. The van der Waals surface area contributed by atoms with Crippen molar-refractivity contribution in [3.05, 3.63) is 71.3 Å². The fourth-order valence-electron chi connectivity index (χ4n) is 3.07. The second-order valence-corrected chi connectivity index (χ2v) is 5.88. The van der Waals surface area contributed by atoms with Crippen LogP contribution in [0.5, 0.6) is 5.75 Å². The Hall–Kier alpha value is -3.28. The van der Waals surface area contributed by atoms with E-state index in [1.807, 2.05) is 61.5 Å². The van der Waals surface area contributed by atoms with Crippen molar-refractivity contribution in [2.45, 2.75) is 19.9 Å². The number of hydrogen-bond acceptors (Lipinski definition) is 4. The molecule has 2 amide bonds. The Kier molecular flexibility index (Phi) is 5.76. The molecule has 3 rings (SSSR count). The summed E-state index contributed by atoms with van der Waals surface area (Å²) in [5.41, 5.74) is 2.21. The summed E-state index contributed by atoms with van der Waals surface area (Å²) in [7, 11) is 0. The number of ether oxygens (including phenoxy) is 2. The number of benzene rings is 2. The lowest BCUT2D eigenvalue weighted by Gasteiger charge is -2.30. The van der Waals surface area contributed by atoms with Gasteiger partial charge in [-0.05, 0) is 25.5 Å². The summed E-state index contributed by atoms with van der Waals surface area (Å²) in [5, 5.41) is 5.59. The lowest BCUT2D eigenvalue weighted by molar-refractivity contribution is -0.138. The fourth-order valence-corrected chi connectivity index (χ4v) is 3.07. The van der Waals surface area contributed by atoms with Gasteiger partial charge in [0.15, 0.2) is 0 Å². The molecule has 0 saturated heterocycles. The van der Waals surface area contributed by atoms with E-state index in [-0.39, 0.29) is 6.61 Å². The Morgan fingerprint density at radius 2 is 1.70 bits per heavy atom. The number of nitrogens with one attached hydrogen (secondary N) is 2. The van der Waals surface area contributed by atoms with Gasteiger partial charge in [-0.2, -0.15) is 0 Å². The van der Waals surface area contributed by atoms with E-state index < -0.39 is 18.0 Å². The largest absolute Gasteiger partial charge is 0.494 e. The van der Waals surface area contributed by atoms with E-state index in [2.05, 4.69) is 10.6 Å². The number of esters is 1. The van der Waals surface area contributed by atoms with Gasteiger partial charge in [-0.15, -0.1) is 0 Å². The van der Waals surface area contributed by atoms with Crippen LogP contribution in [-0.4, -0.2) is 25.2 Å². The number of carbonyl (C=O) groups is 2. The molecule has 1 heterocycles. The second kappa shape index (κ2) is 8.40. The third-order valence-corrected chi connectivity index (χ3v) is 4.16. The smallest absolute Gasteiger partial charge is 0.338 e. The third kappa shape index (κ3) is 3.95. The first-order chi connectivity index (χ1) is 13.2. The molecular weight excluding hydrogens is 344 g/mol. The topological polar surface area (TPSA) is 76.7 Å². The van der Waals surface area contributed by atoms with Crippen molar-refractivity contribution < 1.29 is 19.1 Å². The zero-order valence-electron chi connectivity index (χ0n) is 15.3. The Balaban J connectivity index is 2.19. The quantitative estimate of drug-likeness (QED) is 0.768. The molecule has 1 aliphatic heterocycles. The molecule has 0 unspecified atom stereocenters. The van der Waals surface area contributed by atoms with Crippen LogP contribution in [0, 0.1) is 0 Å². The summed E-state index contributed by atoms with van der Waals surface area (Å²) in [6, 6.07) is 15.5.